The molecule has 0 aromatic heterocycles. The Hall–Kier alpha value is -0.893. The van der Waals surface area contributed by atoms with Gasteiger partial charge in [-0.05, 0) is 0 Å². The largest absolute Gasteiger partial charge is 0.761 e. The first-order chi connectivity index (χ1) is 2.73. The maximum atomic E-state index is 8.74. The third kappa shape index (κ3) is 17.3. The molecule has 0 unspecified atom stereocenters. The molecule has 0 amide bonds. The van der Waals surface area contributed by atoms with E-state index in [1.54, 1.807) is 0 Å². The van der Waals surface area contributed by atoms with Gasteiger partial charge < -0.3 is 9.59 Å². The zero-order valence-corrected chi connectivity index (χ0v) is 3.83. The number of hydrogen-bond donors (Lipinski definition) is 2. The van der Waals surface area contributed by atoms with Crippen molar-refractivity contribution in [2.24, 2.45) is 0 Å². The van der Waals surface area contributed by atoms with E-state index in [0.29, 0.717) is 0 Å². The first-order valence-electron chi connectivity index (χ1n) is 0.910. The second-order valence-corrected chi connectivity index (χ2v) is 0.848. The maximum Gasteiger partial charge on any atom is 0.761 e. The number of hydrogen-bond acceptors (Lipinski definition) is 2. The Morgan fingerprint density at radius 1 is 1.50 bits per heavy atom. The number of nitrogens with zero attached hydrogens (tertiary/aromatic N) is 1. The second-order valence-electron chi connectivity index (χ2n) is 0.283. The highest BCUT2D eigenvalue weighted by molar-refractivity contribution is 6.22. The lowest BCUT2D eigenvalue weighted by molar-refractivity contribution is 0.330. The third-order valence-corrected chi connectivity index (χ3v) is 0. The molecule has 0 fully saturated rings. The highest BCUT2D eigenvalue weighted by Crippen LogP contribution is 1.27. The Labute approximate surface area is 36.2 Å². The van der Waals surface area contributed by atoms with Crippen molar-refractivity contribution in [1.29, 1.82) is 5.26 Å². The molecule has 0 aliphatic rings. The van der Waals surface area contributed by atoms with Crippen LogP contribution in [0.3, 0.4) is 0 Å². The minimum atomic E-state index is -3.13. The Kier molecular flexibility index (Phi) is 13.3. The van der Waals surface area contributed by atoms with Gasteiger partial charge in [0.2, 0.25) is 0 Å². The molecule has 2 N–H and O–H groups in total. The zero-order chi connectivity index (χ0) is 5.58. The van der Waals surface area contributed by atoms with Crippen molar-refractivity contribution >= 4 is 9.17 Å². The van der Waals surface area contributed by atoms with Crippen LogP contribution in [0.5, 0.6) is 0 Å². The van der Waals surface area contributed by atoms with Crippen LogP contribution >= 0.6 is 0 Å². The lowest BCUT2D eigenvalue weighted by Gasteiger charge is -1.55. The summed E-state index contributed by atoms with van der Waals surface area (Å²) in [6, 6.07) is 0. The van der Waals surface area contributed by atoms with Gasteiger partial charge >= 0.3 is 9.17 Å². The fraction of sp³-hybridized carbons (Fsp3) is 0. The van der Waals surface area contributed by atoms with Crippen molar-refractivity contribution in [3.05, 3.63) is 0 Å². The van der Waals surface area contributed by atoms with Crippen molar-refractivity contribution in [1.82, 2.24) is 0 Å². The van der Waals surface area contributed by atoms with Gasteiger partial charge in [0.05, 0.1) is 0 Å². The lowest BCUT2D eigenvalue weighted by Crippen LogP contribution is -1.90. The molecule has 5 heteroatoms. The first kappa shape index (κ1) is 8.92. The van der Waals surface area contributed by atoms with Crippen LogP contribution in [-0.2, 0) is 4.46 Å². The van der Waals surface area contributed by atoms with Gasteiger partial charge in [-0.25, -0.2) is 5.26 Å². The van der Waals surface area contributed by atoms with E-state index in [1.165, 1.54) is 0 Å². The highest BCUT2D eigenvalue weighted by Gasteiger charge is 1.85. The first-order valence-corrected chi connectivity index (χ1v) is 2.21. The van der Waals surface area contributed by atoms with E-state index < -0.39 is 9.17 Å². The van der Waals surface area contributed by atoms with E-state index in [-0.39, 0.29) is 0 Å². The van der Waals surface area contributed by atoms with Crippen molar-refractivity contribution in [3.63, 3.8) is 0 Å². The topological polar surface area (TPSA) is 81.3 Å². The van der Waals surface area contributed by atoms with Crippen molar-refractivity contribution in [2.45, 2.75) is 0 Å². The van der Waals surface area contributed by atoms with Crippen molar-refractivity contribution in [3.8, 4) is 6.57 Å². The Bertz CT molecular complexity index is 55.1. The van der Waals surface area contributed by atoms with Crippen LogP contribution in [0.25, 0.3) is 0 Å². The lowest BCUT2D eigenvalue weighted by atomic mass is 11.9. The fourth-order valence-electron chi connectivity index (χ4n) is 0. The van der Waals surface area contributed by atoms with Gasteiger partial charge in [0, 0.05) is 6.57 Å². The minimum Gasteiger partial charge on any atom is -0.511 e. The van der Waals surface area contributed by atoms with E-state index in [0.717, 1.165) is 0 Å². The summed E-state index contributed by atoms with van der Waals surface area (Å²) in [5.41, 5.74) is 0. The van der Waals surface area contributed by atoms with Gasteiger partial charge in [0.15, 0.2) is 0 Å². The monoisotopic (exact) mass is 105 g/mol. The van der Waals surface area contributed by atoms with Crippen molar-refractivity contribution < 1.29 is 14.1 Å². The summed E-state index contributed by atoms with van der Waals surface area (Å²) in [5, 5.41) is 6.50. The second kappa shape index (κ2) is 8.93. The van der Waals surface area contributed by atoms with Crippen LogP contribution in [0.2, 0.25) is 0 Å². The van der Waals surface area contributed by atoms with Gasteiger partial charge in [-0.2, -0.15) is 0 Å². The fourth-order valence-corrected chi connectivity index (χ4v) is 0. The van der Waals surface area contributed by atoms with Crippen LogP contribution in [0.1, 0.15) is 0 Å². The summed E-state index contributed by atoms with van der Waals surface area (Å²) >= 11 is 0. The number of nitriles is 1. The predicted molar refractivity (Wildman–Crippen MR) is 17.5 cm³/mol. The molecular weight excluding hydrogens is 102 g/mol. The molecule has 0 aromatic rings. The van der Waals surface area contributed by atoms with Crippen LogP contribution in [0.4, 0.5) is 0 Å². The molecule has 0 aromatic carbocycles. The van der Waals surface area contributed by atoms with E-state index >= 15 is 0 Å². The summed E-state index contributed by atoms with van der Waals surface area (Å²) in [7, 11) is -3.13. The molecule has 0 aliphatic carbocycles. The molecule has 34 valence electrons. The molecule has 0 saturated heterocycles. The third-order valence-electron chi connectivity index (χ3n) is 0. The molecule has 0 rings (SSSR count). The summed E-state index contributed by atoms with van der Waals surface area (Å²) in [6.07, 6.45) is 0. The molecule has 6 heavy (non-hydrogen) atoms. The van der Waals surface area contributed by atoms with Crippen LogP contribution in [-0.4, -0.2) is 18.8 Å². The minimum absolute atomic E-state index is 3.13. The Morgan fingerprint density at radius 3 is 1.50 bits per heavy atom. The summed E-state index contributed by atoms with van der Waals surface area (Å²) in [5.74, 6) is 0. The normalized spacial score (nSPS) is 4.33. The van der Waals surface area contributed by atoms with Gasteiger partial charge in [-0.1, -0.05) is 0 Å². The van der Waals surface area contributed by atoms with E-state index in [2.05, 4.69) is 6.57 Å². The van der Waals surface area contributed by atoms with E-state index in [4.69, 9.17) is 19.3 Å². The van der Waals surface area contributed by atoms with Crippen LogP contribution in [0, 0.1) is 11.8 Å². The molecule has 0 aliphatic heterocycles. The summed E-state index contributed by atoms with van der Waals surface area (Å²) in [6.45, 7) is 3.50. The van der Waals surface area contributed by atoms with E-state index in [1.807, 2.05) is 0 Å². The molecule has 0 bridgehead atoms. The molecule has 0 saturated carbocycles. The molecule has 4 nitrogen and oxygen atoms in total. The standard InChI is InChI=1S/CHN.H2O3Si/c1-2;1-4(2)3/h1H;1-2H. The molecular formula is CH3NO3Si. The quantitative estimate of drug-likeness (QED) is 0.368. The Morgan fingerprint density at radius 2 is 1.50 bits per heavy atom. The highest BCUT2D eigenvalue weighted by atomic mass is 28.3. The SMILES string of the molecule is C#N.O=[Si](O)O. The maximum absolute atomic E-state index is 8.74. The van der Waals surface area contributed by atoms with E-state index in [9.17, 15) is 0 Å². The van der Waals surface area contributed by atoms with Gasteiger partial charge in [0.1, 0.15) is 0 Å². The Balaban J connectivity index is 0. The zero-order valence-electron chi connectivity index (χ0n) is 2.83. The smallest absolute Gasteiger partial charge is 0.511 e. The predicted octanol–water partition coefficient (Wildman–Crippen LogP) is -1.47. The van der Waals surface area contributed by atoms with Crippen molar-refractivity contribution in [2.75, 3.05) is 0 Å². The molecule has 0 atom stereocenters. The molecule has 0 radical (unpaired) electrons. The molecule has 0 spiro atoms. The van der Waals surface area contributed by atoms with Crippen LogP contribution in [0.15, 0.2) is 0 Å². The average molecular weight is 105 g/mol. The van der Waals surface area contributed by atoms with Gasteiger partial charge in [-0.3, -0.25) is 4.46 Å². The molecule has 0 heterocycles. The summed E-state index contributed by atoms with van der Waals surface area (Å²) < 4.78 is 8.74. The van der Waals surface area contributed by atoms with Crippen LogP contribution < -0.4 is 0 Å². The average Bonchev–Trinajstić information content (AvgIpc) is 1.41. The van der Waals surface area contributed by atoms with Gasteiger partial charge in [-0.15, -0.1) is 0 Å². The van der Waals surface area contributed by atoms with Gasteiger partial charge in [0.25, 0.3) is 0 Å². The summed E-state index contributed by atoms with van der Waals surface area (Å²) in [4.78, 5) is 14.3. The number of rotatable bonds is 0.